The molecule has 2 N–H and O–H groups in total. The van der Waals surface area contributed by atoms with Gasteiger partial charge in [0.05, 0.1) is 23.4 Å². The van der Waals surface area contributed by atoms with E-state index in [2.05, 4.69) is 15.6 Å². The summed E-state index contributed by atoms with van der Waals surface area (Å²) in [5, 5.41) is 29.9. The van der Waals surface area contributed by atoms with Crippen LogP contribution in [0, 0.1) is 10.1 Å². The maximum Gasteiger partial charge on any atom is 0.271 e. The Morgan fingerprint density at radius 2 is 2.30 bits per heavy atom. The molecule has 1 heterocycles. The highest BCUT2D eigenvalue weighted by atomic mass is 16.6. The van der Waals surface area contributed by atoms with E-state index in [9.17, 15) is 20.0 Å². The minimum absolute atomic E-state index is 0.00258. The van der Waals surface area contributed by atoms with E-state index in [1.54, 1.807) is 6.20 Å². The van der Waals surface area contributed by atoms with Gasteiger partial charge in [-0.05, 0) is 6.07 Å². The first-order chi connectivity index (χ1) is 9.56. The maximum absolute atomic E-state index is 11.7. The lowest BCUT2D eigenvalue weighted by Crippen LogP contribution is -2.15. The topological polar surface area (TPSA) is 123 Å². The average molecular weight is 277 g/mol. The Kier molecular flexibility index (Phi) is 3.89. The quantitative estimate of drug-likeness (QED) is 0.476. The van der Waals surface area contributed by atoms with Gasteiger partial charge in [0.25, 0.3) is 5.69 Å². The van der Waals surface area contributed by atoms with E-state index in [0.29, 0.717) is 6.54 Å². The Morgan fingerprint density at radius 3 is 2.95 bits per heavy atom. The Bertz CT molecular complexity index is 626. The summed E-state index contributed by atoms with van der Waals surface area (Å²) in [5.74, 6) is -0.624. The van der Waals surface area contributed by atoms with Gasteiger partial charge in [-0.3, -0.25) is 19.6 Å². The van der Waals surface area contributed by atoms with Gasteiger partial charge in [-0.1, -0.05) is 5.21 Å². The lowest BCUT2D eigenvalue weighted by molar-refractivity contribution is -0.384. The Labute approximate surface area is 113 Å². The number of aromatic hydroxyl groups is 1. The van der Waals surface area contributed by atoms with Crippen molar-refractivity contribution in [1.29, 1.82) is 0 Å². The number of non-ortho nitro benzene ring substituents is 1. The lowest BCUT2D eigenvalue weighted by atomic mass is 10.2. The molecular formula is C11H11N5O4. The van der Waals surface area contributed by atoms with Crippen molar-refractivity contribution in [3.63, 3.8) is 0 Å². The summed E-state index contributed by atoms with van der Waals surface area (Å²) in [5.41, 5.74) is -0.211. The van der Waals surface area contributed by atoms with Gasteiger partial charge in [0.2, 0.25) is 5.91 Å². The first-order valence-electron chi connectivity index (χ1n) is 5.67. The fourth-order valence-corrected chi connectivity index (χ4v) is 1.52. The first kappa shape index (κ1) is 13.5. The van der Waals surface area contributed by atoms with Crippen LogP contribution in [0.5, 0.6) is 5.75 Å². The Hall–Kier alpha value is -2.97. The highest BCUT2D eigenvalue weighted by Crippen LogP contribution is 2.27. The van der Waals surface area contributed by atoms with Crippen LogP contribution in [0.4, 0.5) is 11.4 Å². The fraction of sp³-hybridized carbons (Fsp3) is 0.182. The molecular weight excluding hydrogens is 266 g/mol. The van der Waals surface area contributed by atoms with Crippen LogP contribution in [0.25, 0.3) is 0 Å². The number of benzene rings is 1. The number of nitrogens with zero attached hydrogens (tertiary/aromatic N) is 4. The van der Waals surface area contributed by atoms with Crippen molar-refractivity contribution in [3.8, 4) is 5.75 Å². The van der Waals surface area contributed by atoms with E-state index in [1.165, 1.54) is 10.9 Å². The summed E-state index contributed by atoms with van der Waals surface area (Å²) in [7, 11) is 0. The molecule has 2 rings (SSSR count). The molecule has 1 aromatic heterocycles. The standard InChI is InChI=1S/C11H11N5O4/c17-10-2-1-8(16(19)20)7-9(10)13-11(18)3-5-15-6-4-12-14-15/h1-2,4,6-7,17H,3,5H2,(H,13,18). The van der Waals surface area contributed by atoms with Gasteiger partial charge in [0.1, 0.15) is 5.75 Å². The number of aromatic nitrogens is 3. The molecule has 9 heteroatoms. The van der Waals surface area contributed by atoms with E-state index < -0.39 is 10.8 Å². The van der Waals surface area contributed by atoms with Gasteiger partial charge in [0, 0.05) is 24.8 Å². The smallest absolute Gasteiger partial charge is 0.271 e. The number of hydrogen-bond acceptors (Lipinski definition) is 6. The van der Waals surface area contributed by atoms with Crippen LogP contribution >= 0.6 is 0 Å². The van der Waals surface area contributed by atoms with E-state index in [1.807, 2.05) is 0 Å². The number of carbonyl (C=O) groups is 1. The van der Waals surface area contributed by atoms with E-state index in [0.717, 1.165) is 18.2 Å². The molecule has 0 saturated heterocycles. The van der Waals surface area contributed by atoms with E-state index in [4.69, 9.17) is 0 Å². The Morgan fingerprint density at radius 1 is 1.50 bits per heavy atom. The third-order valence-electron chi connectivity index (χ3n) is 2.50. The molecule has 0 spiro atoms. The normalized spacial score (nSPS) is 10.2. The molecule has 2 aromatic rings. The molecule has 0 bridgehead atoms. The number of carbonyl (C=O) groups excluding carboxylic acids is 1. The van der Waals surface area contributed by atoms with E-state index in [-0.39, 0.29) is 23.5 Å². The van der Waals surface area contributed by atoms with Crippen LogP contribution in [-0.2, 0) is 11.3 Å². The van der Waals surface area contributed by atoms with Gasteiger partial charge in [-0.25, -0.2) is 0 Å². The van der Waals surface area contributed by atoms with Crippen molar-refractivity contribution in [2.45, 2.75) is 13.0 Å². The summed E-state index contributed by atoms with van der Waals surface area (Å²) in [6, 6.07) is 3.41. The van der Waals surface area contributed by atoms with Crippen molar-refractivity contribution in [2.24, 2.45) is 0 Å². The Balaban J connectivity index is 2.00. The highest BCUT2D eigenvalue weighted by molar-refractivity contribution is 5.92. The zero-order valence-corrected chi connectivity index (χ0v) is 10.3. The molecule has 0 atom stereocenters. The number of aryl methyl sites for hydroxylation is 1. The zero-order valence-electron chi connectivity index (χ0n) is 10.3. The average Bonchev–Trinajstić information content (AvgIpc) is 2.92. The summed E-state index contributed by atoms with van der Waals surface area (Å²) in [6.07, 6.45) is 3.20. The third-order valence-corrected chi connectivity index (χ3v) is 2.50. The molecule has 0 aliphatic carbocycles. The van der Waals surface area contributed by atoms with Crippen LogP contribution < -0.4 is 5.32 Å². The molecule has 0 saturated carbocycles. The van der Waals surface area contributed by atoms with Crippen molar-refractivity contribution in [1.82, 2.24) is 15.0 Å². The molecule has 1 amide bonds. The van der Waals surface area contributed by atoms with Crippen molar-refractivity contribution >= 4 is 17.3 Å². The molecule has 0 unspecified atom stereocenters. The van der Waals surface area contributed by atoms with Gasteiger partial charge < -0.3 is 10.4 Å². The van der Waals surface area contributed by atoms with Crippen LogP contribution in [0.1, 0.15) is 6.42 Å². The predicted octanol–water partition coefficient (Wildman–Crippen LogP) is 0.921. The number of rotatable bonds is 5. The number of nitro benzene ring substituents is 1. The summed E-state index contributed by atoms with van der Waals surface area (Å²) < 4.78 is 1.48. The van der Waals surface area contributed by atoms with Crippen LogP contribution in [0.2, 0.25) is 0 Å². The number of phenols is 1. The molecule has 20 heavy (non-hydrogen) atoms. The number of nitrogens with one attached hydrogen (secondary N) is 1. The third kappa shape index (κ3) is 3.28. The second-order valence-corrected chi connectivity index (χ2v) is 3.92. The molecule has 0 radical (unpaired) electrons. The van der Waals surface area contributed by atoms with Crippen LogP contribution in [0.15, 0.2) is 30.6 Å². The van der Waals surface area contributed by atoms with Gasteiger partial charge >= 0.3 is 0 Å². The predicted molar refractivity (Wildman–Crippen MR) is 68.0 cm³/mol. The fourth-order valence-electron chi connectivity index (χ4n) is 1.52. The van der Waals surface area contributed by atoms with Crippen LogP contribution in [-0.4, -0.2) is 30.9 Å². The molecule has 9 nitrogen and oxygen atoms in total. The SMILES string of the molecule is O=C(CCn1ccnn1)Nc1cc([N+](=O)[O-])ccc1O. The number of anilines is 1. The van der Waals surface area contributed by atoms with Gasteiger partial charge in [-0.15, -0.1) is 5.10 Å². The molecule has 0 fully saturated rings. The number of hydrogen-bond donors (Lipinski definition) is 2. The molecule has 0 aliphatic heterocycles. The van der Waals surface area contributed by atoms with Gasteiger partial charge in [0.15, 0.2) is 0 Å². The number of phenolic OH excluding ortho intramolecular Hbond substituents is 1. The van der Waals surface area contributed by atoms with Crippen molar-refractivity contribution < 1.29 is 14.8 Å². The minimum Gasteiger partial charge on any atom is -0.506 e. The second-order valence-electron chi connectivity index (χ2n) is 3.92. The van der Waals surface area contributed by atoms with Crippen LogP contribution in [0.3, 0.4) is 0 Å². The van der Waals surface area contributed by atoms with Gasteiger partial charge in [-0.2, -0.15) is 0 Å². The number of nitro groups is 1. The monoisotopic (exact) mass is 277 g/mol. The van der Waals surface area contributed by atoms with Crippen molar-refractivity contribution in [2.75, 3.05) is 5.32 Å². The first-order valence-corrected chi connectivity index (χ1v) is 5.67. The molecule has 1 aromatic carbocycles. The molecule has 0 aliphatic rings. The van der Waals surface area contributed by atoms with Crippen molar-refractivity contribution in [3.05, 3.63) is 40.7 Å². The minimum atomic E-state index is -0.607. The van der Waals surface area contributed by atoms with E-state index >= 15 is 0 Å². The summed E-state index contributed by atoms with van der Waals surface area (Å²) in [4.78, 5) is 21.7. The highest BCUT2D eigenvalue weighted by Gasteiger charge is 2.12. The summed E-state index contributed by atoms with van der Waals surface area (Å²) in [6.45, 7) is 0.321. The lowest BCUT2D eigenvalue weighted by Gasteiger charge is -2.07. The molecule has 104 valence electrons. The largest absolute Gasteiger partial charge is 0.506 e. The second kappa shape index (κ2) is 5.78. The summed E-state index contributed by atoms with van der Waals surface area (Å²) >= 11 is 0. The zero-order chi connectivity index (χ0) is 14.5. The maximum atomic E-state index is 11.7. The number of amides is 1.